The molecule has 15 heteroatoms. The highest BCUT2D eigenvalue weighted by atomic mass is 16.6. The van der Waals surface area contributed by atoms with Gasteiger partial charge in [-0.2, -0.15) is 0 Å². The van der Waals surface area contributed by atoms with Crippen LogP contribution in [0.4, 0.5) is 11.4 Å². The van der Waals surface area contributed by atoms with Gasteiger partial charge in [0.25, 0.3) is 5.69 Å². The number of non-ortho nitro benzene ring substituents is 1. The summed E-state index contributed by atoms with van der Waals surface area (Å²) in [5, 5.41) is 28.4. The van der Waals surface area contributed by atoms with Gasteiger partial charge in [0.1, 0.15) is 18.1 Å². The number of nitrogens with zero attached hydrogens (tertiary/aromatic N) is 2. The first-order valence-corrected chi connectivity index (χ1v) is 13.1. The molecule has 0 aromatic heterocycles. The molecule has 0 aliphatic carbocycles. The van der Waals surface area contributed by atoms with Crippen LogP contribution in [0.15, 0.2) is 54.6 Å². The van der Waals surface area contributed by atoms with Crippen molar-refractivity contribution in [2.75, 3.05) is 18.5 Å². The molecule has 0 unspecified atom stereocenters. The van der Waals surface area contributed by atoms with E-state index in [9.17, 15) is 39.2 Å². The van der Waals surface area contributed by atoms with Crippen LogP contribution in [0.5, 0.6) is 0 Å². The van der Waals surface area contributed by atoms with Gasteiger partial charge in [0.05, 0.1) is 24.0 Å². The summed E-state index contributed by atoms with van der Waals surface area (Å²) in [7, 11) is 0. The van der Waals surface area contributed by atoms with Gasteiger partial charge in [0, 0.05) is 30.8 Å². The molecular formula is C27H33N7O8. The maximum Gasteiger partial charge on any atom is 0.269 e. The number of primary amides is 1. The summed E-state index contributed by atoms with van der Waals surface area (Å²) < 4.78 is 0. The number of nitro groups is 1. The van der Waals surface area contributed by atoms with E-state index in [2.05, 4.69) is 16.0 Å². The van der Waals surface area contributed by atoms with Crippen molar-refractivity contribution in [3.05, 3.63) is 70.3 Å². The third-order valence-corrected chi connectivity index (χ3v) is 6.65. The third kappa shape index (κ3) is 8.55. The van der Waals surface area contributed by atoms with Crippen LogP contribution in [0.1, 0.15) is 24.8 Å². The Balaban J connectivity index is 1.70. The van der Waals surface area contributed by atoms with Crippen molar-refractivity contribution >= 4 is 40.9 Å². The number of carbonyl (C=O) groups excluding carboxylic acids is 5. The minimum Gasteiger partial charge on any atom is -0.394 e. The number of nitrogens with two attached hydrogens (primary N) is 2. The lowest BCUT2D eigenvalue weighted by molar-refractivity contribution is -0.384. The van der Waals surface area contributed by atoms with E-state index in [1.165, 1.54) is 29.2 Å². The molecule has 0 saturated carbocycles. The Hall–Kier alpha value is -4.89. The first-order chi connectivity index (χ1) is 20.0. The predicted molar refractivity (Wildman–Crippen MR) is 149 cm³/mol. The number of aliphatic hydroxyl groups excluding tert-OH is 1. The fourth-order valence-corrected chi connectivity index (χ4v) is 4.50. The minimum atomic E-state index is -1.43. The summed E-state index contributed by atoms with van der Waals surface area (Å²) >= 11 is 0. The molecule has 0 radical (unpaired) electrons. The van der Waals surface area contributed by atoms with E-state index < -0.39 is 71.7 Å². The normalized spacial score (nSPS) is 16.5. The maximum absolute atomic E-state index is 13.4. The van der Waals surface area contributed by atoms with Crippen molar-refractivity contribution in [3.8, 4) is 0 Å². The fourth-order valence-electron chi connectivity index (χ4n) is 4.50. The highest BCUT2D eigenvalue weighted by molar-refractivity contribution is 5.99. The van der Waals surface area contributed by atoms with Crippen LogP contribution in [0, 0.1) is 10.1 Å². The molecule has 8 N–H and O–H groups in total. The molecule has 1 aliphatic heterocycles. The highest BCUT2D eigenvalue weighted by Crippen LogP contribution is 2.22. The SMILES string of the molecule is NC(=O)C[C@H](N)C(=O)N[C@@H](Cc1ccccc1)C(=O)N[C@@H](CO)C(=O)N1CCC[C@H]1C(=O)Nc1ccc([N+](=O)[O-])cc1. The Labute approximate surface area is 240 Å². The third-order valence-electron chi connectivity index (χ3n) is 6.65. The lowest BCUT2D eigenvalue weighted by Gasteiger charge is -2.29. The molecule has 1 fully saturated rings. The highest BCUT2D eigenvalue weighted by Gasteiger charge is 2.38. The van der Waals surface area contributed by atoms with Crippen LogP contribution in [-0.2, 0) is 30.4 Å². The van der Waals surface area contributed by atoms with Gasteiger partial charge in [0.15, 0.2) is 0 Å². The first-order valence-electron chi connectivity index (χ1n) is 13.1. The molecule has 1 saturated heterocycles. The number of carbonyl (C=O) groups is 5. The number of nitrogens with one attached hydrogen (secondary N) is 3. The average molecular weight is 584 g/mol. The molecule has 2 aromatic carbocycles. The van der Waals surface area contributed by atoms with Crippen LogP contribution in [0.25, 0.3) is 0 Å². The standard InChI is InChI=1S/C27H33N7O8/c28-19(14-23(29)36)24(37)31-20(13-16-5-2-1-3-6-16)25(38)32-21(15-35)27(40)33-12-4-7-22(33)26(39)30-17-8-10-18(11-9-17)34(41)42/h1-3,5-6,8-11,19-22,35H,4,7,12-15,28H2,(H2,29,36)(H,30,39)(H,31,37)(H,32,38)/t19-,20-,21-,22-/m0/s1. The van der Waals surface area contributed by atoms with E-state index >= 15 is 0 Å². The number of likely N-dealkylation sites (tertiary alicyclic amines) is 1. The van der Waals surface area contributed by atoms with Crippen molar-refractivity contribution in [3.63, 3.8) is 0 Å². The molecular weight excluding hydrogens is 550 g/mol. The Morgan fingerprint density at radius 2 is 1.64 bits per heavy atom. The molecule has 0 spiro atoms. The van der Waals surface area contributed by atoms with Crippen molar-refractivity contribution in [1.82, 2.24) is 15.5 Å². The van der Waals surface area contributed by atoms with Gasteiger partial charge in [-0.05, 0) is 30.5 Å². The molecule has 3 rings (SSSR count). The molecule has 2 aromatic rings. The van der Waals surface area contributed by atoms with Gasteiger partial charge in [-0.1, -0.05) is 30.3 Å². The number of benzene rings is 2. The van der Waals surface area contributed by atoms with Gasteiger partial charge in [-0.3, -0.25) is 34.1 Å². The molecule has 1 heterocycles. The molecule has 15 nitrogen and oxygen atoms in total. The Morgan fingerprint density at radius 3 is 2.24 bits per heavy atom. The number of rotatable bonds is 13. The van der Waals surface area contributed by atoms with Gasteiger partial charge < -0.3 is 37.4 Å². The summed E-state index contributed by atoms with van der Waals surface area (Å²) in [5.41, 5.74) is 11.7. The number of anilines is 1. The van der Waals surface area contributed by atoms with Crippen LogP contribution in [0.3, 0.4) is 0 Å². The second-order valence-electron chi connectivity index (χ2n) is 9.75. The molecule has 224 valence electrons. The largest absolute Gasteiger partial charge is 0.394 e. The summed E-state index contributed by atoms with van der Waals surface area (Å²) in [4.78, 5) is 74.9. The Morgan fingerprint density at radius 1 is 1.00 bits per heavy atom. The number of aliphatic hydroxyl groups is 1. The van der Waals surface area contributed by atoms with Crippen LogP contribution in [-0.4, -0.2) is 81.8 Å². The van der Waals surface area contributed by atoms with Gasteiger partial charge in [-0.25, -0.2) is 0 Å². The second-order valence-corrected chi connectivity index (χ2v) is 9.75. The number of hydrogen-bond acceptors (Lipinski definition) is 9. The lowest BCUT2D eigenvalue weighted by atomic mass is 10.0. The van der Waals surface area contributed by atoms with E-state index in [1.54, 1.807) is 30.3 Å². The monoisotopic (exact) mass is 583 g/mol. The first kappa shape index (κ1) is 31.6. The van der Waals surface area contributed by atoms with E-state index in [0.717, 1.165) is 0 Å². The zero-order valence-electron chi connectivity index (χ0n) is 22.6. The molecule has 1 aliphatic rings. The molecule has 4 atom stereocenters. The van der Waals surface area contributed by atoms with Gasteiger partial charge in [0.2, 0.25) is 29.5 Å². The fraction of sp³-hybridized carbons (Fsp3) is 0.370. The van der Waals surface area contributed by atoms with E-state index in [1.807, 2.05) is 0 Å². The van der Waals surface area contributed by atoms with Crippen LogP contribution >= 0.6 is 0 Å². The van der Waals surface area contributed by atoms with Crippen molar-refractivity contribution in [2.45, 2.75) is 49.9 Å². The maximum atomic E-state index is 13.4. The number of amides is 5. The number of hydrogen-bond donors (Lipinski definition) is 6. The quantitative estimate of drug-likeness (QED) is 0.124. The van der Waals surface area contributed by atoms with E-state index in [0.29, 0.717) is 24.1 Å². The van der Waals surface area contributed by atoms with E-state index in [-0.39, 0.29) is 18.7 Å². The zero-order valence-corrected chi connectivity index (χ0v) is 22.6. The summed E-state index contributed by atoms with van der Waals surface area (Å²) in [6.07, 6.45) is 0.376. The molecule has 42 heavy (non-hydrogen) atoms. The summed E-state index contributed by atoms with van der Waals surface area (Å²) in [6.45, 7) is -0.597. The van der Waals surface area contributed by atoms with Crippen molar-refractivity contribution in [2.24, 2.45) is 11.5 Å². The minimum absolute atomic E-state index is 0.0119. The zero-order chi connectivity index (χ0) is 30.8. The Kier molecular flexibility index (Phi) is 11.0. The molecule has 5 amide bonds. The lowest BCUT2D eigenvalue weighted by Crippen LogP contribution is -2.59. The number of nitro benzene ring substituents is 1. The van der Waals surface area contributed by atoms with Gasteiger partial charge in [-0.15, -0.1) is 0 Å². The van der Waals surface area contributed by atoms with Crippen LogP contribution < -0.4 is 27.4 Å². The smallest absolute Gasteiger partial charge is 0.269 e. The Bertz CT molecular complexity index is 1310. The molecule has 0 bridgehead atoms. The van der Waals surface area contributed by atoms with Crippen molar-refractivity contribution in [1.29, 1.82) is 0 Å². The van der Waals surface area contributed by atoms with Crippen molar-refractivity contribution < 1.29 is 34.0 Å². The van der Waals surface area contributed by atoms with Crippen LogP contribution in [0.2, 0.25) is 0 Å². The summed E-state index contributed by atoms with van der Waals surface area (Å²) in [5.74, 6) is -3.64. The average Bonchev–Trinajstić information content (AvgIpc) is 3.46. The van der Waals surface area contributed by atoms with Gasteiger partial charge >= 0.3 is 0 Å². The van der Waals surface area contributed by atoms with E-state index in [4.69, 9.17) is 11.5 Å². The predicted octanol–water partition coefficient (Wildman–Crippen LogP) is -1.07. The summed E-state index contributed by atoms with van der Waals surface area (Å²) in [6, 6.07) is 9.02. The second kappa shape index (κ2) is 14.7. The topological polar surface area (TPSA) is 240 Å².